The Balaban J connectivity index is 1.86. The Hall–Kier alpha value is -0.860. The van der Waals surface area contributed by atoms with Gasteiger partial charge in [0.25, 0.3) is 0 Å². The summed E-state index contributed by atoms with van der Waals surface area (Å²) < 4.78 is 0. The Morgan fingerprint density at radius 2 is 1.94 bits per heavy atom. The zero-order chi connectivity index (χ0) is 13.2. The minimum atomic E-state index is 0.323. The van der Waals surface area contributed by atoms with Crippen molar-refractivity contribution < 1.29 is 0 Å². The summed E-state index contributed by atoms with van der Waals surface area (Å²) in [6.45, 7) is 9.00. The molecule has 1 aromatic carbocycles. The fourth-order valence-electron chi connectivity index (χ4n) is 2.66. The molecular formula is C16H26N2. The second-order valence-electron chi connectivity index (χ2n) is 6.29. The van der Waals surface area contributed by atoms with Crippen LogP contribution in [0.5, 0.6) is 0 Å². The molecule has 0 radical (unpaired) electrons. The standard InChI is InChI=1S/C16H26N2/c1-13-5-7-14(8-6-13)12-17-15-9-10-18(4)16(2,3)11-15/h5-8,15,17H,9-12H2,1-4H3. The molecule has 0 spiro atoms. The van der Waals surface area contributed by atoms with E-state index in [0.717, 1.165) is 6.54 Å². The molecule has 1 unspecified atom stereocenters. The molecule has 0 aliphatic carbocycles. The molecular weight excluding hydrogens is 220 g/mol. The third-order valence-electron chi connectivity index (χ3n) is 4.31. The molecule has 18 heavy (non-hydrogen) atoms. The molecule has 1 saturated heterocycles. The van der Waals surface area contributed by atoms with Gasteiger partial charge in [0.15, 0.2) is 0 Å². The summed E-state index contributed by atoms with van der Waals surface area (Å²) in [5, 5.41) is 3.71. The van der Waals surface area contributed by atoms with Crippen LogP contribution in [0.4, 0.5) is 0 Å². The molecule has 1 aliphatic heterocycles. The van der Waals surface area contributed by atoms with E-state index in [1.165, 1.54) is 30.5 Å². The van der Waals surface area contributed by atoms with Crippen molar-refractivity contribution in [1.29, 1.82) is 0 Å². The highest BCUT2D eigenvalue weighted by atomic mass is 15.2. The normalized spacial score (nSPS) is 24.1. The average molecular weight is 246 g/mol. The highest BCUT2D eigenvalue weighted by molar-refractivity contribution is 5.21. The zero-order valence-corrected chi connectivity index (χ0v) is 12.2. The SMILES string of the molecule is Cc1ccc(CNC2CCN(C)C(C)(C)C2)cc1. The highest BCUT2D eigenvalue weighted by Crippen LogP contribution is 2.26. The predicted molar refractivity (Wildman–Crippen MR) is 77.7 cm³/mol. The lowest BCUT2D eigenvalue weighted by atomic mass is 9.87. The molecule has 1 aliphatic rings. The van der Waals surface area contributed by atoms with Gasteiger partial charge in [-0.3, -0.25) is 0 Å². The maximum absolute atomic E-state index is 3.71. The number of hydrogen-bond donors (Lipinski definition) is 1. The van der Waals surface area contributed by atoms with E-state index in [2.05, 4.69) is 62.3 Å². The van der Waals surface area contributed by atoms with Crippen molar-refractivity contribution >= 4 is 0 Å². The molecule has 2 nitrogen and oxygen atoms in total. The van der Waals surface area contributed by atoms with Gasteiger partial charge in [-0.1, -0.05) is 29.8 Å². The number of nitrogens with one attached hydrogen (secondary N) is 1. The molecule has 100 valence electrons. The summed E-state index contributed by atoms with van der Waals surface area (Å²) in [5.41, 5.74) is 3.04. The molecule has 0 amide bonds. The number of piperidine rings is 1. The lowest BCUT2D eigenvalue weighted by Crippen LogP contribution is -2.52. The van der Waals surface area contributed by atoms with Gasteiger partial charge in [-0.15, -0.1) is 0 Å². The number of nitrogens with zero attached hydrogens (tertiary/aromatic N) is 1. The molecule has 0 bridgehead atoms. The van der Waals surface area contributed by atoms with Gasteiger partial charge in [0.2, 0.25) is 0 Å². The molecule has 1 fully saturated rings. The third kappa shape index (κ3) is 3.33. The maximum atomic E-state index is 3.71. The van der Waals surface area contributed by atoms with Crippen LogP contribution in [0.25, 0.3) is 0 Å². The first-order chi connectivity index (χ1) is 8.47. The smallest absolute Gasteiger partial charge is 0.0208 e. The summed E-state index contributed by atoms with van der Waals surface area (Å²) in [6, 6.07) is 9.48. The monoisotopic (exact) mass is 246 g/mol. The second-order valence-corrected chi connectivity index (χ2v) is 6.29. The van der Waals surface area contributed by atoms with Crippen molar-refractivity contribution in [2.75, 3.05) is 13.6 Å². The van der Waals surface area contributed by atoms with Gasteiger partial charge in [-0.05, 0) is 52.8 Å². The summed E-state index contributed by atoms with van der Waals surface area (Å²) in [7, 11) is 2.23. The number of likely N-dealkylation sites (tertiary alicyclic amines) is 1. The van der Waals surface area contributed by atoms with Crippen molar-refractivity contribution in [3.63, 3.8) is 0 Å². The lowest BCUT2D eigenvalue weighted by molar-refractivity contribution is 0.0850. The van der Waals surface area contributed by atoms with Crippen LogP contribution in [0.1, 0.15) is 37.8 Å². The summed E-state index contributed by atoms with van der Waals surface area (Å²) >= 11 is 0. The maximum Gasteiger partial charge on any atom is 0.0208 e. The zero-order valence-electron chi connectivity index (χ0n) is 12.2. The molecule has 1 aromatic rings. The Bertz CT molecular complexity index is 381. The van der Waals surface area contributed by atoms with E-state index in [0.29, 0.717) is 11.6 Å². The number of rotatable bonds is 3. The van der Waals surface area contributed by atoms with Crippen LogP contribution < -0.4 is 5.32 Å². The Labute approximate surface area is 111 Å². The van der Waals surface area contributed by atoms with Crippen molar-refractivity contribution in [1.82, 2.24) is 10.2 Å². The first-order valence-corrected chi connectivity index (χ1v) is 6.97. The van der Waals surface area contributed by atoms with E-state index in [1.54, 1.807) is 0 Å². The van der Waals surface area contributed by atoms with Gasteiger partial charge in [0.1, 0.15) is 0 Å². The van der Waals surface area contributed by atoms with Gasteiger partial charge in [0.05, 0.1) is 0 Å². The van der Waals surface area contributed by atoms with Crippen molar-refractivity contribution in [2.45, 2.75) is 51.7 Å². The van der Waals surface area contributed by atoms with Gasteiger partial charge >= 0.3 is 0 Å². The molecule has 2 rings (SSSR count). The molecule has 1 atom stereocenters. The van der Waals surface area contributed by atoms with Crippen LogP contribution >= 0.6 is 0 Å². The van der Waals surface area contributed by atoms with Crippen LogP contribution in [0, 0.1) is 6.92 Å². The first-order valence-electron chi connectivity index (χ1n) is 6.97. The fraction of sp³-hybridized carbons (Fsp3) is 0.625. The van der Waals surface area contributed by atoms with Gasteiger partial charge in [-0.25, -0.2) is 0 Å². The number of hydrogen-bond acceptors (Lipinski definition) is 2. The van der Waals surface area contributed by atoms with Crippen LogP contribution in [-0.2, 0) is 6.54 Å². The number of aryl methyl sites for hydroxylation is 1. The predicted octanol–water partition coefficient (Wildman–Crippen LogP) is 2.96. The van der Waals surface area contributed by atoms with Gasteiger partial charge < -0.3 is 10.2 Å². The minimum absolute atomic E-state index is 0.323. The molecule has 0 aromatic heterocycles. The fourth-order valence-corrected chi connectivity index (χ4v) is 2.66. The van der Waals surface area contributed by atoms with E-state index >= 15 is 0 Å². The topological polar surface area (TPSA) is 15.3 Å². The van der Waals surface area contributed by atoms with Crippen LogP contribution in [-0.4, -0.2) is 30.1 Å². The van der Waals surface area contributed by atoms with E-state index in [9.17, 15) is 0 Å². The van der Waals surface area contributed by atoms with Gasteiger partial charge in [0, 0.05) is 18.1 Å². The largest absolute Gasteiger partial charge is 0.310 e. The van der Waals surface area contributed by atoms with E-state index in [-0.39, 0.29) is 0 Å². The molecule has 0 saturated carbocycles. The summed E-state index contributed by atoms with van der Waals surface area (Å²) in [4.78, 5) is 2.47. The molecule has 1 heterocycles. The highest BCUT2D eigenvalue weighted by Gasteiger charge is 2.31. The minimum Gasteiger partial charge on any atom is -0.310 e. The first kappa shape index (κ1) is 13.6. The quantitative estimate of drug-likeness (QED) is 0.882. The van der Waals surface area contributed by atoms with Crippen LogP contribution in [0.3, 0.4) is 0 Å². The van der Waals surface area contributed by atoms with Crippen molar-refractivity contribution in [2.24, 2.45) is 0 Å². The van der Waals surface area contributed by atoms with E-state index < -0.39 is 0 Å². The Morgan fingerprint density at radius 1 is 1.28 bits per heavy atom. The van der Waals surface area contributed by atoms with Crippen LogP contribution in [0.15, 0.2) is 24.3 Å². The summed E-state index contributed by atoms with van der Waals surface area (Å²) in [6.07, 6.45) is 2.49. The molecule has 1 N–H and O–H groups in total. The van der Waals surface area contributed by atoms with Gasteiger partial charge in [-0.2, -0.15) is 0 Å². The lowest BCUT2D eigenvalue weighted by Gasteiger charge is -2.43. The molecule has 2 heteroatoms. The second kappa shape index (κ2) is 5.41. The summed E-state index contributed by atoms with van der Waals surface area (Å²) in [5.74, 6) is 0. The van der Waals surface area contributed by atoms with E-state index in [4.69, 9.17) is 0 Å². The average Bonchev–Trinajstić information content (AvgIpc) is 2.32. The van der Waals surface area contributed by atoms with Crippen molar-refractivity contribution in [3.8, 4) is 0 Å². The van der Waals surface area contributed by atoms with Crippen LogP contribution in [0.2, 0.25) is 0 Å². The Morgan fingerprint density at radius 3 is 2.56 bits per heavy atom. The number of benzene rings is 1. The Kier molecular flexibility index (Phi) is 4.08. The van der Waals surface area contributed by atoms with E-state index in [1.807, 2.05) is 0 Å². The van der Waals surface area contributed by atoms with Crippen molar-refractivity contribution in [3.05, 3.63) is 35.4 Å². The third-order valence-corrected chi connectivity index (χ3v) is 4.31.